The maximum absolute atomic E-state index is 13.8. The van der Waals surface area contributed by atoms with Crippen molar-refractivity contribution in [2.24, 2.45) is 0 Å². The summed E-state index contributed by atoms with van der Waals surface area (Å²) >= 11 is 1.61. The van der Waals surface area contributed by atoms with E-state index in [9.17, 15) is 9.18 Å². The van der Waals surface area contributed by atoms with Gasteiger partial charge in [0, 0.05) is 26.3 Å². The quantitative estimate of drug-likeness (QED) is 0.612. The molecule has 3 rings (SSSR count). The summed E-state index contributed by atoms with van der Waals surface area (Å²) < 4.78 is 13.8. The van der Waals surface area contributed by atoms with Crippen LogP contribution in [0.2, 0.25) is 0 Å². The van der Waals surface area contributed by atoms with E-state index in [0.717, 1.165) is 9.75 Å². The summed E-state index contributed by atoms with van der Waals surface area (Å²) in [5, 5.41) is 1.16. The van der Waals surface area contributed by atoms with Gasteiger partial charge in [-0.1, -0.05) is 24.3 Å². The first kappa shape index (κ1) is 13.0. The van der Waals surface area contributed by atoms with Crippen LogP contribution in [0.1, 0.15) is 25.7 Å². The normalized spacial score (nSPS) is 10.9. The first-order valence-electron chi connectivity index (χ1n) is 6.37. The van der Waals surface area contributed by atoms with E-state index in [4.69, 9.17) is 0 Å². The van der Waals surface area contributed by atoms with Crippen molar-refractivity contribution < 1.29 is 9.18 Å². The van der Waals surface area contributed by atoms with Crippen molar-refractivity contribution in [1.29, 1.82) is 0 Å². The molecular formula is C17H13FOS. The Morgan fingerprint density at radius 1 is 1.00 bits per heavy atom. The number of rotatable bonds is 2. The molecule has 1 aromatic heterocycles. The van der Waals surface area contributed by atoms with E-state index in [2.05, 4.69) is 0 Å². The number of halogens is 1. The predicted octanol–water partition coefficient (Wildman–Crippen LogP) is 4.89. The van der Waals surface area contributed by atoms with Gasteiger partial charge in [-0.15, -0.1) is 11.3 Å². The van der Waals surface area contributed by atoms with Gasteiger partial charge in [-0.05, 0) is 37.4 Å². The van der Waals surface area contributed by atoms with Crippen LogP contribution in [0.4, 0.5) is 4.39 Å². The van der Waals surface area contributed by atoms with Crippen LogP contribution in [0.5, 0.6) is 0 Å². The summed E-state index contributed by atoms with van der Waals surface area (Å²) in [5.41, 5.74) is 1.27. The Bertz CT molecular complexity index is 817. The first-order valence-corrected chi connectivity index (χ1v) is 7.18. The molecule has 0 N–H and O–H groups in total. The number of ketones is 1. The van der Waals surface area contributed by atoms with Crippen molar-refractivity contribution in [3.63, 3.8) is 0 Å². The van der Waals surface area contributed by atoms with Gasteiger partial charge in [0.25, 0.3) is 0 Å². The molecule has 1 heterocycles. The largest absolute Gasteiger partial charge is 0.289 e. The highest BCUT2D eigenvalue weighted by Crippen LogP contribution is 2.28. The van der Waals surface area contributed by atoms with Crippen molar-refractivity contribution in [1.82, 2.24) is 0 Å². The molecule has 0 aliphatic rings. The molecule has 0 saturated carbocycles. The van der Waals surface area contributed by atoms with Gasteiger partial charge in [0.15, 0.2) is 5.78 Å². The summed E-state index contributed by atoms with van der Waals surface area (Å²) in [6.07, 6.45) is 0. The van der Waals surface area contributed by atoms with Gasteiger partial charge in [-0.3, -0.25) is 4.79 Å². The van der Waals surface area contributed by atoms with E-state index in [0.29, 0.717) is 21.9 Å². The summed E-state index contributed by atoms with van der Waals surface area (Å²) in [6, 6.07) is 11.9. The third-order valence-electron chi connectivity index (χ3n) is 3.40. The summed E-state index contributed by atoms with van der Waals surface area (Å²) in [5.74, 6) is -0.335. The molecule has 2 aromatic carbocycles. The van der Waals surface area contributed by atoms with Gasteiger partial charge in [0.05, 0.1) is 0 Å². The zero-order valence-corrected chi connectivity index (χ0v) is 12.1. The maximum Gasteiger partial charge on any atom is 0.194 e. The number of carbonyl (C=O) groups excluding carboxylic acids is 1. The van der Waals surface area contributed by atoms with Crippen LogP contribution in [0.25, 0.3) is 10.8 Å². The number of thiophene rings is 1. The van der Waals surface area contributed by atoms with Crippen LogP contribution in [0, 0.1) is 19.7 Å². The highest BCUT2D eigenvalue weighted by Gasteiger charge is 2.17. The number of benzene rings is 2. The van der Waals surface area contributed by atoms with Crippen LogP contribution in [-0.2, 0) is 0 Å². The molecule has 0 radical (unpaired) electrons. The molecule has 0 saturated heterocycles. The lowest BCUT2D eigenvalue weighted by Crippen LogP contribution is -2.03. The highest BCUT2D eigenvalue weighted by atomic mass is 32.1. The lowest BCUT2D eigenvalue weighted by molar-refractivity contribution is 0.104. The number of aryl methyl sites for hydroxylation is 2. The first-order chi connectivity index (χ1) is 9.58. The second-order valence-electron chi connectivity index (χ2n) is 4.80. The molecule has 1 nitrogen and oxygen atoms in total. The van der Waals surface area contributed by atoms with E-state index in [1.54, 1.807) is 35.6 Å². The fraction of sp³-hybridized carbons (Fsp3) is 0.118. The highest BCUT2D eigenvalue weighted by molar-refractivity contribution is 7.12. The van der Waals surface area contributed by atoms with E-state index in [-0.39, 0.29) is 11.6 Å². The fourth-order valence-electron chi connectivity index (χ4n) is 2.46. The molecule has 20 heavy (non-hydrogen) atoms. The SMILES string of the molecule is Cc1cc(C(=O)c2ccc(F)c3ccccc23)c(C)s1. The van der Waals surface area contributed by atoms with E-state index >= 15 is 0 Å². The average Bonchev–Trinajstić information content (AvgIpc) is 2.78. The smallest absolute Gasteiger partial charge is 0.194 e. The minimum Gasteiger partial charge on any atom is -0.289 e. The van der Waals surface area contributed by atoms with Crippen LogP contribution < -0.4 is 0 Å². The van der Waals surface area contributed by atoms with Gasteiger partial charge in [0.2, 0.25) is 0 Å². The molecule has 0 aliphatic carbocycles. The van der Waals surface area contributed by atoms with Crippen LogP contribution in [0.15, 0.2) is 42.5 Å². The Balaban J connectivity index is 2.23. The van der Waals surface area contributed by atoms with Gasteiger partial charge in [-0.25, -0.2) is 4.39 Å². The Hall–Kier alpha value is -2.00. The monoisotopic (exact) mass is 284 g/mol. The van der Waals surface area contributed by atoms with E-state index in [1.807, 2.05) is 26.0 Å². The third kappa shape index (κ3) is 2.04. The molecule has 0 unspecified atom stereocenters. The lowest BCUT2D eigenvalue weighted by atomic mass is 9.97. The number of fused-ring (bicyclic) bond motifs is 1. The molecule has 100 valence electrons. The Kier molecular flexibility index (Phi) is 3.14. The Morgan fingerprint density at radius 2 is 1.70 bits per heavy atom. The molecular weight excluding hydrogens is 271 g/mol. The zero-order valence-electron chi connectivity index (χ0n) is 11.2. The summed E-state index contributed by atoms with van der Waals surface area (Å²) in [7, 11) is 0. The predicted molar refractivity (Wildman–Crippen MR) is 81.1 cm³/mol. The maximum atomic E-state index is 13.8. The van der Waals surface area contributed by atoms with Crippen LogP contribution >= 0.6 is 11.3 Å². The molecule has 0 spiro atoms. The second kappa shape index (κ2) is 4.84. The molecule has 0 fully saturated rings. The molecule has 3 heteroatoms. The van der Waals surface area contributed by atoms with Gasteiger partial charge < -0.3 is 0 Å². The minimum absolute atomic E-state index is 0.0388. The van der Waals surface area contributed by atoms with Crippen molar-refractivity contribution in [2.75, 3.05) is 0 Å². The topological polar surface area (TPSA) is 17.1 Å². The average molecular weight is 284 g/mol. The van der Waals surface area contributed by atoms with Crippen LogP contribution in [-0.4, -0.2) is 5.78 Å². The van der Waals surface area contributed by atoms with Gasteiger partial charge >= 0.3 is 0 Å². The second-order valence-corrected chi connectivity index (χ2v) is 6.26. The molecule has 0 amide bonds. The Labute approximate surface area is 120 Å². The number of carbonyl (C=O) groups is 1. The third-order valence-corrected chi connectivity index (χ3v) is 4.37. The molecule has 0 atom stereocenters. The summed E-state index contributed by atoms with van der Waals surface area (Å²) in [6.45, 7) is 3.92. The van der Waals surface area contributed by atoms with Crippen molar-refractivity contribution in [2.45, 2.75) is 13.8 Å². The molecule has 0 bridgehead atoms. The lowest BCUT2D eigenvalue weighted by Gasteiger charge is -2.06. The summed E-state index contributed by atoms with van der Waals surface area (Å²) in [4.78, 5) is 14.8. The fourth-order valence-corrected chi connectivity index (χ4v) is 3.38. The number of hydrogen-bond acceptors (Lipinski definition) is 2. The number of hydrogen-bond donors (Lipinski definition) is 0. The van der Waals surface area contributed by atoms with Crippen molar-refractivity contribution in [3.05, 3.63) is 69.2 Å². The molecule has 0 aliphatic heterocycles. The van der Waals surface area contributed by atoms with Crippen LogP contribution in [0.3, 0.4) is 0 Å². The standard InChI is InChI=1S/C17H13FOS/c1-10-9-15(11(2)20-10)17(19)14-7-8-16(18)13-6-4-3-5-12(13)14/h3-9H,1-2H3. The molecule has 3 aromatic rings. The van der Waals surface area contributed by atoms with Gasteiger partial charge in [0.1, 0.15) is 5.82 Å². The van der Waals surface area contributed by atoms with E-state index in [1.165, 1.54) is 6.07 Å². The van der Waals surface area contributed by atoms with Crippen molar-refractivity contribution >= 4 is 27.9 Å². The van der Waals surface area contributed by atoms with Gasteiger partial charge in [-0.2, -0.15) is 0 Å². The van der Waals surface area contributed by atoms with E-state index < -0.39 is 0 Å². The van der Waals surface area contributed by atoms with Crippen molar-refractivity contribution in [3.8, 4) is 0 Å². The Morgan fingerprint density at radius 3 is 2.35 bits per heavy atom. The zero-order chi connectivity index (χ0) is 14.3. The minimum atomic E-state index is -0.296.